The van der Waals surface area contributed by atoms with Gasteiger partial charge in [0.05, 0.1) is 0 Å². The van der Waals surface area contributed by atoms with E-state index in [1.165, 1.54) is 29.8 Å². The normalized spacial score (nSPS) is 16.3. The molecule has 0 bridgehead atoms. The van der Waals surface area contributed by atoms with Crippen LogP contribution in [-0.4, -0.2) is 22.6 Å². The number of aromatic nitrogens is 2. The number of rotatable bonds is 5. The summed E-state index contributed by atoms with van der Waals surface area (Å²) < 4.78 is 2.12. The monoisotopic (exact) mass is 269 g/mol. The molecule has 1 aliphatic carbocycles. The van der Waals surface area contributed by atoms with E-state index in [2.05, 4.69) is 53.2 Å². The van der Waals surface area contributed by atoms with Gasteiger partial charge in [0.2, 0.25) is 0 Å². The van der Waals surface area contributed by atoms with Crippen LogP contribution in [0.25, 0.3) is 0 Å². The molecule has 0 aliphatic heterocycles. The maximum atomic E-state index is 4.42. The van der Waals surface area contributed by atoms with E-state index in [-0.39, 0.29) is 0 Å². The number of hydrogen-bond donors (Lipinski definition) is 1. The smallest absolute Gasteiger partial charge is 0.108 e. The third-order valence-corrected chi connectivity index (χ3v) is 4.62. The molecule has 1 aromatic heterocycles. The van der Waals surface area contributed by atoms with Crippen LogP contribution in [0, 0.1) is 5.92 Å². The van der Waals surface area contributed by atoms with Crippen molar-refractivity contribution in [3.63, 3.8) is 0 Å². The molecule has 1 heterocycles. The van der Waals surface area contributed by atoms with Gasteiger partial charge in [0.25, 0.3) is 0 Å². The predicted octanol–water partition coefficient (Wildman–Crippen LogP) is 2.36. The van der Waals surface area contributed by atoms with Gasteiger partial charge in [-0.1, -0.05) is 24.3 Å². The molecule has 3 rings (SSSR count). The van der Waals surface area contributed by atoms with Crippen molar-refractivity contribution < 1.29 is 0 Å². The predicted molar refractivity (Wildman–Crippen MR) is 81.7 cm³/mol. The highest BCUT2D eigenvalue weighted by molar-refractivity contribution is 5.32. The van der Waals surface area contributed by atoms with Crippen LogP contribution in [-0.2, 0) is 26.3 Å². The molecule has 0 spiro atoms. The Morgan fingerprint density at radius 3 is 2.55 bits per heavy atom. The van der Waals surface area contributed by atoms with E-state index in [9.17, 15) is 0 Å². The average Bonchev–Trinajstić information content (AvgIpc) is 3.06. The summed E-state index contributed by atoms with van der Waals surface area (Å²) in [5.41, 5.74) is 3.07. The SMILES string of the molecule is CNC(CCc1nccn1C)C1Cc2ccccc2C1. The molecule has 1 unspecified atom stereocenters. The van der Waals surface area contributed by atoms with Gasteiger partial charge in [0.15, 0.2) is 0 Å². The van der Waals surface area contributed by atoms with Crippen LogP contribution >= 0.6 is 0 Å². The zero-order valence-corrected chi connectivity index (χ0v) is 12.3. The Bertz CT molecular complexity index is 548. The molecular weight excluding hydrogens is 246 g/mol. The summed E-state index contributed by atoms with van der Waals surface area (Å²) in [6.45, 7) is 0. The minimum atomic E-state index is 0.569. The van der Waals surface area contributed by atoms with E-state index >= 15 is 0 Å². The number of benzene rings is 1. The maximum Gasteiger partial charge on any atom is 0.108 e. The molecular formula is C17H23N3. The van der Waals surface area contributed by atoms with Crippen molar-refractivity contribution in [3.05, 3.63) is 53.6 Å². The number of imidazole rings is 1. The topological polar surface area (TPSA) is 29.9 Å². The van der Waals surface area contributed by atoms with Gasteiger partial charge in [0, 0.05) is 31.9 Å². The third-order valence-electron chi connectivity index (χ3n) is 4.62. The lowest BCUT2D eigenvalue weighted by Gasteiger charge is -2.22. The lowest BCUT2D eigenvalue weighted by atomic mass is 9.93. The van der Waals surface area contributed by atoms with Crippen molar-refractivity contribution >= 4 is 0 Å². The Morgan fingerprint density at radius 1 is 1.30 bits per heavy atom. The molecule has 0 saturated carbocycles. The van der Waals surface area contributed by atoms with Crippen LogP contribution in [0.1, 0.15) is 23.4 Å². The van der Waals surface area contributed by atoms with Gasteiger partial charge in [-0.25, -0.2) is 4.98 Å². The molecule has 3 nitrogen and oxygen atoms in total. The number of aryl methyl sites for hydroxylation is 2. The van der Waals surface area contributed by atoms with Gasteiger partial charge < -0.3 is 9.88 Å². The zero-order valence-electron chi connectivity index (χ0n) is 12.3. The lowest BCUT2D eigenvalue weighted by Crippen LogP contribution is -2.34. The average molecular weight is 269 g/mol. The van der Waals surface area contributed by atoms with Gasteiger partial charge in [-0.15, -0.1) is 0 Å². The van der Waals surface area contributed by atoms with Gasteiger partial charge in [-0.05, 0) is 43.4 Å². The highest BCUT2D eigenvalue weighted by Crippen LogP contribution is 2.29. The first-order valence-corrected chi connectivity index (χ1v) is 7.48. The van der Waals surface area contributed by atoms with E-state index in [4.69, 9.17) is 0 Å². The first kappa shape index (κ1) is 13.4. The lowest BCUT2D eigenvalue weighted by molar-refractivity contribution is 0.362. The van der Waals surface area contributed by atoms with Gasteiger partial charge in [0.1, 0.15) is 5.82 Å². The summed E-state index contributed by atoms with van der Waals surface area (Å²) in [6.07, 6.45) is 8.52. The van der Waals surface area contributed by atoms with E-state index in [1.807, 2.05) is 12.4 Å². The summed E-state index contributed by atoms with van der Waals surface area (Å²) in [5, 5.41) is 3.52. The summed E-state index contributed by atoms with van der Waals surface area (Å²) in [4.78, 5) is 4.42. The first-order valence-electron chi connectivity index (χ1n) is 7.48. The Labute approximate surface area is 121 Å². The van der Waals surface area contributed by atoms with Gasteiger partial charge in [-0.2, -0.15) is 0 Å². The molecule has 0 amide bonds. The molecule has 0 saturated heterocycles. The number of fused-ring (bicyclic) bond motifs is 1. The van der Waals surface area contributed by atoms with Gasteiger partial charge >= 0.3 is 0 Å². The third kappa shape index (κ3) is 2.63. The largest absolute Gasteiger partial charge is 0.338 e. The van der Waals surface area contributed by atoms with E-state index in [0.717, 1.165) is 18.8 Å². The molecule has 1 aliphatic rings. The van der Waals surface area contributed by atoms with Crippen LogP contribution in [0.15, 0.2) is 36.7 Å². The summed E-state index contributed by atoms with van der Waals surface area (Å²) >= 11 is 0. The second-order valence-electron chi connectivity index (χ2n) is 5.83. The Kier molecular flexibility index (Phi) is 3.88. The summed E-state index contributed by atoms with van der Waals surface area (Å²) in [6, 6.07) is 9.44. The van der Waals surface area contributed by atoms with Crippen molar-refractivity contribution in [3.8, 4) is 0 Å². The molecule has 1 N–H and O–H groups in total. The van der Waals surface area contributed by atoms with Crippen molar-refractivity contribution in [2.45, 2.75) is 31.7 Å². The van der Waals surface area contributed by atoms with Gasteiger partial charge in [-0.3, -0.25) is 0 Å². The fourth-order valence-corrected chi connectivity index (χ4v) is 3.42. The minimum Gasteiger partial charge on any atom is -0.338 e. The quantitative estimate of drug-likeness (QED) is 0.903. The Morgan fingerprint density at radius 2 is 2.00 bits per heavy atom. The second-order valence-corrected chi connectivity index (χ2v) is 5.83. The van der Waals surface area contributed by atoms with Crippen LogP contribution in [0.5, 0.6) is 0 Å². The fourth-order valence-electron chi connectivity index (χ4n) is 3.42. The highest BCUT2D eigenvalue weighted by atomic mass is 15.0. The zero-order chi connectivity index (χ0) is 13.9. The fraction of sp³-hybridized carbons (Fsp3) is 0.471. The van der Waals surface area contributed by atoms with E-state index in [1.54, 1.807) is 0 Å². The van der Waals surface area contributed by atoms with Crippen LogP contribution in [0.4, 0.5) is 0 Å². The van der Waals surface area contributed by atoms with Crippen molar-refractivity contribution in [2.24, 2.45) is 13.0 Å². The Balaban J connectivity index is 1.62. The molecule has 1 atom stereocenters. The molecule has 0 fully saturated rings. The Hall–Kier alpha value is -1.61. The van der Waals surface area contributed by atoms with E-state index in [0.29, 0.717) is 6.04 Å². The van der Waals surface area contributed by atoms with Crippen molar-refractivity contribution in [2.75, 3.05) is 7.05 Å². The molecule has 1 aromatic carbocycles. The number of nitrogens with one attached hydrogen (secondary N) is 1. The standard InChI is InChI=1S/C17H23N3/c1-18-16(7-8-17-19-9-10-20(17)2)15-11-13-5-3-4-6-14(13)12-15/h3-6,9-10,15-16,18H,7-8,11-12H2,1-2H3. The summed E-state index contributed by atoms with van der Waals surface area (Å²) in [7, 11) is 4.16. The number of hydrogen-bond acceptors (Lipinski definition) is 2. The van der Waals surface area contributed by atoms with Crippen LogP contribution < -0.4 is 5.32 Å². The molecule has 3 heteroatoms. The molecule has 0 radical (unpaired) electrons. The molecule has 2 aromatic rings. The second kappa shape index (κ2) is 5.80. The minimum absolute atomic E-state index is 0.569. The summed E-state index contributed by atoms with van der Waals surface area (Å²) in [5.74, 6) is 1.90. The van der Waals surface area contributed by atoms with Crippen LogP contribution in [0.3, 0.4) is 0 Å². The molecule has 20 heavy (non-hydrogen) atoms. The van der Waals surface area contributed by atoms with Crippen molar-refractivity contribution in [1.82, 2.24) is 14.9 Å². The van der Waals surface area contributed by atoms with Crippen molar-refractivity contribution in [1.29, 1.82) is 0 Å². The van der Waals surface area contributed by atoms with E-state index < -0.39 is 0 Å². The first-order chi connectivity index (χ1) is 9.78. The number of nitrogens with zero attached hydrogens (tertiary/aromatic N) is 2. The van der Waals surface area contributed by atoms with Crippen LogP contribution in [0.2, 0.25) is 0 Å². The maximum absolute atomic E-state index is 4.42. The highest BCUT2D eigenvalue weighted by Gasteiger charge is 2.27. The molecule has 106 valence electrons.